The van der Waals surface area contributed by atoms with Gasteiger partial charge < -0.3 is 15.8 Å². The van der Waals surface area contributed by atoms with Crippen LogP contribution in [-0.4, -0.2) is 32.2 Å². The van der Waals surface area contributed by atoms with E-state index < -0.39 is 0 Å². The number of carbonyl (C=O) groups excluding carboxylic acids is 1. The van der Waals surface area contributed by atoms with Gasteiger partial charge in [-0.25, -0.2) is 0 Å². The third-order valence-electron chi connectivity index (χ3n) is 2.32. The molecule has 12 heavy (non-hydrogen) atoms. The average Bonchev–Trinajstić information content (AvgIpc) is 2.09. The van der Waals surface area contributed by atoms with Crippen LogP contribution in [0.2, 0.25) is 0 Å². The molecule has 4 heteroatoms. The zero-order valence-corrected chi connectivity index (χ0v) is 7.38. The third kappa shape index (κ3) is 2.46. The predicted molar refractivity (Wildman–Crippen MR) is 45.6 cm³/mol. The van der Waals surface area contributed by atoms with Gasteiger partial charge in [-0.15, -0.1) is 0 Å². The van der Waals surface area contributed by atoms with Crippen LogP contribution in [0.4, 0.5) is 0 Å². The lowest BCUT2D eigenvalue weighted by Gasteiger charge is -2.28. The summed E-state index contributed by atoms with van der Waals surface area (Å²) in [6, 6.07) is 0.144. The molecule has 1 aliphatic rings. The van der Waals surface area contributed by atoms with Crippen LogP contribution in [0.3, 0.4) is 0 Å². The Labute approximate surface area is 72.5 Å². The Kier molecular flexibility index (Phi) is 3.49. The summed E-state index contributed by atoms with van der Waals surface area (Å²) < 4.78 is 4.58. The molecule has 1 fully saturated rings. The van der Waals surface area contributed by atoms with Gasteiger partial charge in [-0.2, -0.15) is 0 Å². The zero-order valence-electron chi connectivity index (χ0n) is 7.38. The molecule has 0 radical (unpaired) electrons. The van der Waals surface area contributed by atoms with Crippen molar-refractivity contribution in [2.75, 3.05) is 20.2 Å². The highest BCUT2D eigenvalue weighted by Crippen LogP contribution is 2.13. The van der Waals surface area contributed by atoms with E-state index in [4.69, 9.17) is 5.73 Å². The van der Waals surface area contributed by atoms with Crippen molar-refractivity contribution in [2.45, 2.75) is 18.9 Å². The Morgan fingerprint density at radius 1 is 1.75 bits per heavy atom. The lowest BCUT2D eigenvalue weighted by atomic mass is 9.91. The van der Waals surface area contributed by atoms with E-state index in [1.54, 1.807) is 0 Å². The molecule has 2 atom stereocenters. The molecule has 0 saturated carbocycles. The van der Waals surface area contributed by atoms with Gasteiger partial charge in [0.2, 0.25) is 0 Å². The van der Waals surface area contributed by atoms with Gasteiger partial charge in [0.25, 0.3) is 0 Å². The summed E-state index contributed by atoms with van der Waals surface area (Å²) in [7, 11) is 1.41. The third-order valence-corrected chi connectivity index (χ3v) is 2.32. The number of hydrogen-bond acceptors (Lipinski definition) is 4. The molecule has 0 aromatic heterocycles. The van der Waals surface area contributed by atoms with E-state index in [-0.39, 0.29) is 17.9 Å². The van der Waals surface area contributed by atoms with E-state index in [9.17, 15) is 4.79 Å². The van der Waals surface area contributed by atoms with Crippen LogP contribution in [0.15, 0.2) is 0 Å². The molecule has 0 aliphatic carbocycles. The first-order valence-corrected chi connectivity index (χ1v) is 4.27. The highest BCUT2D eigenvalue weighted by Gasteiger charge is 2.23. The van der Waals surface area contributed by atoms with Crippen molar-refractivity contribution < 1.29 is 9.53 Å². The number of methoxy groups -OCH3 is 1. The molecular formula is C8H16N2O2. The molecule has 1 heterocycles. The van der Waals surface area contributed by atoms with Crippen molar-refractivity contribution >= 4 is 5.97 Å². The minimum atomic E-state index is -0.167. The Balaban J connectivity index is 2.33. The van der Waals surface area contributed by atoms with E-state index in [1.807, 2.05) is 0 Å². The Bertz CT molecular complexity index is 161. The van der Waals surface area contributed by atoms with E-state index in [2.05, 4.69) is 10.1 Å². The lowest BCUT2D eigenvalue weighted by molar-refractivity contribution is -0.142. The van der Waals surface area contributed by atoms with Crippen molar-refractivity contribution in [3.05, 3.63) is 0 Å². The number of ether oxygens (including phenoxy) is 1. The monoisotopic (exact) mass is 172 g/mol. The molecule has 0 unspecified atom stereocenters. The second kappa shape index (κ2) is 4.42. The zero-order chi connectivity index (χ0) is 8.97. The summed E-state index contributed by atoms with van der Waals surface area (Å²) >= 11 is 0. The largest absolute Gasteiger partial charge is 0.469 e. The molecule has 3 N–H and O–H groups in total. The number of nitrogens with one attached hydrogen (secondary N) is 1. The van der Waals surface area contributed by atoms with Crippen LogP contribution in [0.25, 0.3) is 0 Å². The van der Waals surface area contributed by atoms with Crippen molar-refractivity contribution in [3.8, 4) is 0 Å². The fourth-order valence-corrected chi connectivity index (χ4v) is 1.46. The molecule has 1 rings (SSSR count). The Morgan fingerprint density at radius 2 is 2.50 bits per heavy atom. The first-order chi connectivity index (χ1) is 5.74. The lowest BCUT2D eigenvalue weighted by Crippen LogP contribution is -2.45. The highest BCUT2D eigenvalue weighted by molar-refractivity contribution is 5.69. The number of rotatable bonds is 2. The first kappa shape index (κ1) is 9.48. The van der Waals surface area contributed by atoms with Gasteiger partial charge in [-0.1, -0.05) is 0 Å². The molecule has 0 aromatic rings. The smallest absolute Gasteiger partial charge is 0.305 e. The van der Waals surface area contributed by atoms with Crippen molar-refractivity contribution in [3.63, 3.8) is 0 Å². The summed E-state index contributed by atoms with van der Waals surface area (Å²) in [5, 5.41) is 3.21. The van der Waals surface area contributed by atoms with Crippen LogP contribution in [0, 0.1) is 5.92 Å². The van der Waals surface area contributed by atoms with Crippen molar-refractivity contribution in [1.82, 2.24) is 5.32 Å². The summed E-state index contributed by atoms with van der Waals surface area (Å²) in [4.78, 5) is 10.9. The van der Waals surface area contributed by atoms with E-state index in [0.717, 1.165) is 19.5 Å². The molecule has 1 saturated heterocycles. The summed E-state index contributed by atoms with van der Waals surface area (Å²) in [6.07, 6.45) is 1.38. The number of esters is 1. The summed E-state index contributed by atoms with van der Waals surface area (Å²) in [5.74, 6) is 0.0744. The first-order valence-electron chi connectivity index (χ1n) is 4.27. The molecule has 70 valence electrons. The average molecular weight is 172 g/mol. The van der Waals surface area contributed by atoms with Crippen LogP contribution >= 0.6 is 0 Å². The topological polar surface area (TPSA) is 64.3 Å². The molecular weight excluding hydrogens is 156 g/mol. The van der Waals surface area contributed by atoms with Crippen LogP contribution in [0.5, 0.6) is 0 Å². The van der Waals surface area contributed by atoms with Gasteiger partial charge in [0, 0.05) is 6.04 Å². The number of nitrogens with two attached hydrogens (primary N) is 1. The van der Waals surface area contributed by atoms with Crippen LogP contribution in [0.1, 0.15) is 12.8 Å². The van der Waals surface area contributed by atoms with E-state index >= 15 is 0 Å². The standard InChI is InChI=1S/C8H16N2O2/c1-12-8(11)4-6-5-10-3-2-7(6)9/h6-7,10H,2-5,9H2,1H3/t6-,7+/m0/s1. The molecule has 0 bridgehead atoms. The quantitative estimate of drug-likeness (QED) is 0.550. The van der Waals surface area contributed by atoms with Gasteiger partial charge in [-0.3, -0.25) is 4.79 Å². The second-order valence-corrected chi connectivity index (χ2v) is 3.20. The Hall–Kier alpha value is -0.610. The van der Waals surface area contributed by atoms with Gasteiger partial charge in [-0.05, 0) is 25.4 Å². The Morgan fingerprint density at radius 3 is 3.08 bits per heavy atom. The van der Waals surface area contributed by atoms with Crippen LogP contribution < -0.4 is 11.1 Å². The maximum absolute atomic E-state index is 10.9. The molecule has 1 aliphatic heterocycles. The minimum Gasteiger partial charge on any atom is -0.469 e. The maximum atomic E-state index is 10.9. The van der Waals surface area contributed by atoms with Gasteiger partial charge in [0.05, 0.1) is 13.5 Å². The molecule has 0 spiro atoms. The minimum absolute atomic E-state index is 0.144. The fourth-order valence-electron chi connectivity index (χ4n) is 1.46. The van der Waals surface area contributed by atoms with E-state index in [0.29, 0.717) is 6.42 Å². The van der Waals surface area contributed by atoms with Gasteiger partial charge in [0.15, 0.2) is 0 Å². The maximum Gasteiger partial charge on any atom is 0.305 e. The number of piperidine rings is 1. The number of carbonyl (C=O) groups is 1. The molecule has 0 aromatic carbocycles. The highest BCUT2D eigenvalue weighted by atomic mass is 16.5. The molecule has 0 amide bonds. The second-order valence-electron chi connectivity index (χ2n) is 3.20. The van der Waals surface area contributed by atoms with Crippen molar-refractivity contribution in [1.29, 1.82) is 0 Å². The summed E-state index contributed by atoms with van der Waals surface area (Å²) in [5.41, 5.74) is 5.83. The van der Waals surface area contributed by atoms with Crippen molar-refractivity contribution in [2.24, 2.45) is 11.7 Å². The fraction of sp³-hybridized carbons (Fsp3) is 0.875. The van der Waals surface area contributed by atoms with E-state index in [1.165, 1.54) is 7.11 Å². The van der Waals surface area contributed by atoms with Gasteiger partial charge in [0.1, 0.15) is 0 Å². The summed E-state index contributed by atoms with van der Waals surface area (Å²) in [6.45, 7) is 1.79. The predicted octanol–water partition coefficient (Wildman–Crippen LogP) is -0.514. The SMILES string of the molecule is COC(=O)C[C@H]1CNCC[C@H]1N. The normalized spacial score (nSPS) is 29.8. The number of hydrogen-bond donors (Lipinski definition) is 2. The molecule has 4 nitrogen and oxygen atoms in total. The van der Waals surface area contributed by atoms with Crippen LogP contribution in [-0.2, 0) is 9.53 Å². The van der Waals surface area contributed by atoms with Gasteiger partial charge >= 0.3 is 5.97 Å².